The molecule has 112 valence electrons. The van der Waals surface area contributed by atoms with E-state index in [4.69, 9.17) is 0 Å². The summed E-state index contributed by atoms with van der Waals surface area (Å²) in [6, 6.07) is 3.33. The monoisotopic (exact) mass is 284 g/mol. The predicted octanol–water partition coefficient (Wildman–Crippen LogP) is 3.51. The average molecular weight is 285 g/mol. The first-order chi connectivity index (χ1) is 9.26. The van der Waals surface area contributed by atoms with Crippen LogP contribution in [0.3, 0.4) is 0 Å². The zero-order valence-electron chi connectivity index (χ0n) is 13.0. The van der Waals surface area contributed by atoms with Crippen molar-refractivity contribution >= 4 is 11.8 Å². The molecule has 0 spiro atoms. The highest BCUT2D eigenvalue weighted by molar-refractivity contribution is 7.99. The van der Waals surface area contributed by atoms with Crippen molar-refractivity contribution in [3.63, 3.8) is 0 Å². The minimum Gasteiger partial charge on any atom is -0.314 e. The third kappa shape index (κ3) is 4.12. The van der Waals surface area contributed by atoms with Gasteiger partial charge in [0, 0.05) is 24.2 Å². The first-order valence-corrected chi connectivity index (χ1v) is 9.50. The number of rotatable bonds is 8. The van der Waals surface area contributed by atoms with E-state index in [1.807, 2.05) is 0 Å². The van der Waals surface area contributed by atoms with Gasteiger partial charge in [-0.3, -0.25) is 4.90 Å². The van der Waals surface area contributed by atoms with Gasteiger partial charge in [0.05, 0.1) is 0 Å². The van der Waals surface area contributed by atoms with E-state index in [0.29, 0.717) is 0 Å². The molecule has 2 bridgehead atoms. The Hall–Kier alpha value is 0.270. The third-order valence-electron chi connectivity index (χ3n) is 4.87. The minimum atomic E-state index is 0.795. The fourth-order valence-corrected chi connectivity index (χ4v) is 4.79. The van der Waals surface area contributed by atoms with Crippen molar-refractivity contribution in [3.05, 3.63) is 0 Å². The van der Waals surface area contributed by atoms with Gasteiger partial charge in [-0.15, -0.1) is 0 Å². The molecule has 1 N–H and O–H groups in total. The maximum atomic E-state index is 3.75. The van der Waals surface area contributed by atoms with Crippen LogP contribution < -0.4 is 5.32 Å². The summed E-state index contributed by atoms with van der Waals surface area (Å²) >= 11 is 2.10. The van der Waals surface area contributed by atoms with Crippen LogP contribution in [0.25, 0.3) is 0 Å². The molecule has 2 saturated heterocycles. The Morgan fingerprint density at radius 2 is 1.89 bits per heavy atom. The molecule has 19 heavy (non-hydrogen) atoms. The quantitative estimate of drug-likeness (QED) is 0.687. The van der Waals surface area contributed by atoms with Gasteiger partial charge in [-0.2, -0.15) is 11.8 Å². The maximum Gasteiger partial charge on any atom is 0.0116 e. The molecule has 2 nitrogen and oxygen atoms in total. The van der Waals surface area contributed by atoms with Crippen LogP contribution in [-0.4, -0.2) is 47.1 Å². The number of hydrogen-bond acceptors (Lipinski definition) is 3. The summed E-state index contributed by atoms with van der Waals surface area (Å²) < 4.78 is 0. The number of fused-ring (bicyclic) bond motifs is 2. The van der Waals surface area contributed by atoms with Gasteiger partial charge in [-0.05, 0) is 63.5 Å². The second kappa shape index (κ2) is 7.90. The lowest BCUT2D eigenvalue weighted by Gasteiger charge is -2.43. The van der Waals surface area contributed by atoms with Gasteiger partial charge in [0.2, 0.25) is 0 Å². The molecule has 2 aliphatic heterocycles. The van der Waals surface area contributed by atoms with Crippen LogP contribution in [-0.2, 0) is 0 Å². The molecule has 0 aromatic carbocycles. The lowest BCUT2D eigenvalue weighted by Crippen LogP contribution is -2.52. The van der Waals surface area contributed by atoms with Crippen LogP contribution in [0.5, 0.6) is 0 Å². The lowest BCUT2D eigenvalue weighted by atomic mass is 9.95. The molecule has 0 aromatic rings. The Bertz CT molecular complexity index is 245. The Balaban J connectivity index is 1.81. The predicted molar refractivity (Wildman–Crippen MR) is 87.0 cm³/mol. The molecule has 2 heterocycles. The first kappa shape index (κ1) is 15.7. The summed E-state index contributed by atoms with van der Waals surface area (Å²) in [4.78, 5) is 2.88. The van der Waals surface area contributed by atoms with Crippen molar-refractivity contribution in [3.8, 4) is 0 Å². The van der Waals surface area contributed by atoms with Gasteiger partial charge in [0.25, 0.3) is 0 Å². The van der Waals surface area contributed by atoms with Crippen molar-refractivity contribution in [2.45, 2.75) is 83.5 Å². The molecule has 3 heteroatoms. The van der Waals surface area contributed by atoms with Crippen LogP contribution in [0, 0.1) is 0 Å². The van der Waals surface area contributed by atoms with E-state index in [9.17, 15) is 0 Å². The SMILES string of the molecule is CCCNC1CC2CCC(C1)N2C(C)CCSCC. The summed E-state index contributed by atoms with van der Waals surface area (Å²) in [6.07, 6.45) is 8.31. The third-order valence-corrected chi connectivity index (χ3v) is 5.80. The van der Waals surface area contributed by atoms with Crippen LogP contribution in [0.4, 0.5) is 0 Å². The van der Waals surface area contributed by atoms with Crippen molar-refractivity contribution in [1.29, 1.82) is 0 Å². The molecule has 3 unspecified atom stereocenters. The maximum absolute atomic E-state index is 3.75. The smallest absolute Gasteiger partial charge is 0.0116 e. The van der Waals surface area contributed by atoms with Crippen LogP contribution in [0.1, 0.15) is 59.3 Å². The van der Waals surface area contributed by atoms with Gasteiger partial charge in [-0.1, -0.05) is 13.8 Å². The summed E-state index contributed by atoms with van der Waals surface area (Å²) in [7, 11) is 0. The highest BCUT2D eigenvalue weighted by atomic mass is 32.2. The summed E-state index contributed by atoms with van der Waals surface area (Å²) in [5.74, 6) is 2.60. The fraction of sp³-hybridized carbons (Fsp3) is 1.00. The Morgan fingerprint density at radius 1 is 1.21 bits per heavy atom. The van der Waals surface area contributed by atoms with Gasteiger partial charge >= 0.3 is 0 Å². The molecule has 0 saturated carbocycles. The number of hydrogen-bond donors (Lipinski definition) is 1. The first-order valence-electron chi connectivity index (χ1n) is 8.34. The van der Waals surface area contributed by atoms with Gasteiger partial charge in [0.15, 0.2) is 0 Å². The Labute approximate surface area is 124 Å². The number of piperidine rings is 1. The molecule has 0 aromatic heterocycles. The van der Waals surface area contributed by atoms with Crippen LogP contribution in [0.2, 0.25) is 0 Å². The molecule has 2 fully saturated rings. The second-order valence-electron chi connectivity index (χ2n) is 6.29. The van der Waals surface area contributed by atoms with Crippen molar-refractivity contribution in [2.24, 2.45) is 0 Å². The summed E-state index contributed by atoms with van der Waals surface area (Å²) in [6.45, 7) is 8.20. The van der Waals surface area contributed by atoms with Gasteiger partial charge in [-0.25, -0.2) is 0 Å². The van der Waals surface area contributed by atoms with E-state index in [1.165, 1.54) is 56.6 Å². The summed E-state index contributed by atoms with van der Waals surface area (Å²) in [5, 5.41) is 3.75. The molecule has 2 aliphatic rings. The van der Waals surface area contributed by atoms with Crippen molar-refractivity contribution in [1.82, 2.24) is 10.2 Å². The topological polar surface area (TPSA) is 15.3 Å². The van der Waals surface area contributed by atoms with E-state index >= 15 is 0 Å². The van der Waals surface area contributed by atoms with E-state index in [0.717, 1.165) is 24.2 Å². The molecule has 3 atom stereocenters. The molecule has 0 aliphatic carbocycles. The van der Waals surface area contributed by atoms with E-state index in [-0.39, 0.29) is 0 Å². The molecular weight excluding hydrogens is 252 g/mol. The number of thioether (sulfide) groups is 1. The zero-order chi connectivity index (χ0) is 13.7. The normalized spacial score (nSPS) is 32.7. The van der Waals surface area contributed by atoms with Crippen LogP contribution >= 0.6 is 11.8 Å². The average Bonchev–Trinajstić information content (AvgIpc) is 2.68. The fourth-order valence-electron chi connectivity index (χ4n) is 4.00. The number of nitrogens with one attached hydrogen (secondary N) is 1. The molecule has 0 amide bonds. The minimum absolute atomic E-state index is 0.795. The lowest BCUT2D eigenvalue weighted by molar-refractivity contribution is 0.0761. The highest BCUT2D eigenvalue weighted by Gasteiger charge is 2.42. The van der Waals surface area contributed by atoms with Crippen LogP contribution in [0.15, 0.2) is 0 Å². The molecule has 0 radical (unpaired) electrons. The highest BCUT2D eigenvalue weighted by Crippen LogP contribution is 2.38. The summed E-state index contributed by atoms with van der Waals surface area (Å²) in [5.41, 5.74) is 0. The van der Waals surface area contributed by atoms with Crippen molar-refractivity contribution < 1.29 is 0 Å². The number of nitrogens with zero attached hydrogens (tertiary/aromatic N) is 1. The van der Waals surface area contributed by atoms with Crippen molar-refractivity contribution in [2.75, 3.05) is 18.1 Å². The van der Waals surface area contributed by atoms with E-state index in [1.54, 1.807) is 0 Å². The van der Waals surface area contributed by atoms with Gasteiger partial charge < -0.3 is 5.32 Å². The van der Waals surface area contributed by atoms with E-state index in [2.05, 4.69) is 42.7 Å². The van der Waals surface area contributed by atoms with Gasteiger partial charge in [0.1, 0.15) is 0 Å². The Kier molecular flexibility index (Phi) is 6.51. The largest absolute Gasteiger partial charge is 0.314 e. The van der Waals surface area contributed by atoms with E-state index < -0.39 is 0 Å². The second-order valence-corrected chi connectivity index (χ2v) is 7.68. The Morgan fingerprint density at radius 3 is 2.47 bits per heavy atom. The molecule has 2 rings (SSSR count). The molecular formula is C16H32N2S. The zero-order valence-corrected chi connectivity index (χ0v) is 13.8. The standard InChI is InChI=1S/C16H32N2S/c1-4-9-17-14-11-15-6-7-16(12-14)18(15)13(3)8-10-19-5-2/h13-17H,4-12H2,1-3H3.